The Balaban J connectivity index is 2.00. The van der Waals surface area contributed by atoms with E-state index in [1.54, 1.807) is 0 Å². The number of hydrogen-bond acceptors (Lipinski definition) is 3. The smallest absolute Gasteiger partial charge is 0.226 e. The maximum atomic E-state index is 12.5. The number of rotatable bonds is 2. The summed E-state index contributed by atoms with van der Waals surface area (Å²) in [6.07, 6.45) is 4.17. The Labute approximate surface area is 104 Å². The summed E-state index contributed by atoms with van der Waals surface area (Å²) < 4.78 is 0. The number of piperidine rings is 1. The van der Waals surface area contributed by atoms with Gasteiger partial charge in [-0.2, -0.15) is 0 Å². The van der Waals surface area contributed by atoms with Gasteiger partial charge in [0.05, 0.1) is 5.54 Å². The topological polar surface area (TPSA) is 49.6 Å². The van der Waals surface area contributed by atoms with Crippen LogP contribution in [0.2, 0.25) is 0 Å². The molecule has 0 radical (unpaired) electrons. The largest absolute Gasteiger partial charge is 0.336 e. The lowest BCUT2D eigenvalue weighted by Crippen LogP contribution is -2.53. The normalized spacial score (nSPS) is 32.1. The first-order valence-electron chi connectivity index (χ1n) is 6.77. The molecule has 4 heteroatoms. The molecule has 2 aliphatic heterocycles. The minimum Gasteiger partial charge on any atom is -0.336 e. The van der Waals surface area contributed by atoms with Crippen molar-refractivity contribution in [2.75, 3.05) is 33.2 Å². The van der Waals surface area contributed by atoms with Crippen LogP contribution >= 0.6 is 0 Å². The number of nitrogens with two attached hydrogens (primary N) is 1. The van der Waals surface area contributed by atoms with Crippen LogP contribution in [0.15, 0.2) is 0 Å². The van der Waals surface area contributed by atoms with Crippen LogP contribution in [0.25, 0.3) is 0 Å². The Morgan fingerprint density at radius 2 is 2.00 bits per heavy atom. The molecule has 1 atom stereocenters. The summed E-state index contributed by atoms with van der Waals surface area (Å²) in [5.74, 6) is 0.582. The average Bonchev–Trinajstić information content (AvgIpc) is 2.72. The van der Waals surface area contributed by atoms with Crippen molar-refractivity contribution in [2.45, 2.75) is 38.1 Å². The Kier molecular flexibility index (Phi) is 3.73. The van der Waals surface area contributed by atoms with Gasteiger partial charge in [-0.1, -0.05) is 0 Å². The quantitative estimate of drug-likeness (QED) is 0.770. The van der Waals surface area contributed by atoms with Crippen LogP contribution in [0.5, 0.6) is 0 Å². The Morgan fingerprint density at radius 1 is 1.35 bits per heavy atom. The van der Waals surface area contributed by atoms with Gasteiger partial charge in [0.25, 0.3) is 0 Å². The van der Waals surface area contributed by atoms with Crippen molar-refractivity contribution >= 4 is 5.91 Å². The van der Waals surface area contributed by atoms with Crippen molar-refractivity contribution < 1.29 is 4.79 Å². The molecular weight excluding hydrogens is 214 g/mol. The first-order chi connectivity index (χ1) is 8.07. The number of likely N-dealkylation sites (tertiary alicyclic amines) is 2. The zero-order chi connectivity index (χ0) is 12.5. The summed E-state index contributed by atoms with van der Waals surface area (Å²) in [7, 11) is 2.13. The second kappa shape index (κ2) is 4.94. The van der Waals surface area contributed by atoms with Gasteiger partial charge in [0.15, 0.2) is 0 Å². The van der Waals surface area contributed by atoms with Crippen LogP contribution in [0.4, 0.5) is 0 Å². The molecular formula is C13H25N3O. The van der Waals surface area contributed by atoms with Gasteiger partial charge in [0.2, 0.25) is 5.91 Å². The highest BCUT2D eigenvalue weighted by Gasteiger charge is 2.41. The first kappa shape index (κ1) is 12.8. The number of hydrogen-bond donors (Lipinski definition) is 1. The van der Waals surface area contributed by atoms with Crippen molar-refractivity contribution in [2.24, 2.45) is 11.7 Å². The highest BCUT2D eigenvalue weighted by molar-refractivity contribution is 5.80. The molecule has 2 aliphatic rings. The van der Waals surface area contributed by atoms with Crippen LogP contribution in [-0.4, -0.2) is 54.5 Å². The predicted octanol–water partition coefficient (Wildman–Crippen LogP) is 0.668. The summed E-state index contributed by atoms with van der Waals surface area (Å²) in [6, 6.07) is 0. The second-order valence-electron chi connectivity index (χ2n) is 5.87. The standard InChI is InChI=1S/C13H25N3O/c1-13(10-14)6-3-7-16(13)12(17)11-4-8-15(2)9-5-11/h11H,3-10,14H2,1-2H3. The van der Waals surface area contributed by atoms with E-state index in [0.717, 1.165) is 45.3 Å². The maximum absolute atomic E-state index is 12.5. The summed E-state index contributed by atoms with van der Waals surface area (Å²) in [5.41, 5.74) is 5.76. The molecule has 1 amide bonds. The van der Waals surface area contributed by atoms with E-state index in [-0.39, 0.29) is 11.5 Å². The van der Waals surface area contributed by atoms with Gasteiger partial charge in [-0.05, 0) is 52.7 Å². The molecule has 2 fully saturated rings. The van der Waals surface area contributed by atoms with Gasteiger partial charge in [0.1, 0.15) is 0 Å². The maximum Gasteiger partial charge on any atom is 0.226 e. The molecule has 0 spiro atoms. The molecule has 0 aromatic carbocycles. The lowest BCUT2D eigenvalue weighted by molar-refractivity contribution is -0.140. The Morgan fingerprint density at radius 3 is 2.59 bits per heavy atom. The zero-order valence-electron chi connectivity index (χ0n) is 11.1. The summed E-state index contributed by atoms with van der Waals surface area (Å²) >= 11 is 0. The molecule has 0 saturated carbocycles. The van der Waals surface area contributed by atoms with Crippen LogP contribution in [0.3, 0.4) is 0 Å². The van der Waals surface area contributed by atoms with E-state index in [2.05, 4.69) is 23.8 Å². The van der Waals surface area contributed by atoms with Crippen molar-refractivity contribution in [3.05, 3.63) is 0 Å². The summed E-state index contributed by atoms with van der Waals surface area (Å²) in [5, 5.41) is 0. The molecule has 2 saturated heterocycles. The van der Waals surface area contributed by atoms with Crippen molar-refractivity contribution in [1.29, 1.82) is 0 Å². The van der Waals surface area contributed by atoms with Crippen LogP contribution in [0, 0.1) is 5.92 Å². The first-order valence-corrected chi connectivity index (χ1v) is 6.77. The average molecular weight is 239 g/mol. The van der Waals surface area contributed by atoms with E-state index in [4.69, 9.17) is 5.73 Å². The van der Waals surface area contributed by atoms with Gasteiger partial charge >= 0.3 is 0 Å². The molecule has 0 bridgehead atoms. The molecule has 2 N–H and O–H groups in total. The fourth-order valence-electron chi connectivity index (χ4n) is 3.09. The SMILES string of the molecule is CN1CCC(C(=O)N2CCCC2(C)CN)CC1. The fraction of sp³-hybridized carbons (Fsp3) is 0.923. The fourth-order valence-corrected chi connectivity index (χ4v) is 3.09. The number of carbonyl (C=O) groups is 1. The van der Waals surface area contributed by atoms with E-state index in [9.17, 15) is 4.79 Å². The van der Waals surface area contributed by atoms with E-state index in [1.165, 1.54) is 0 Å². The zero-order valence-corrected chi connectivity index (χ0v) is 11.1. The minimum absolute atomic E-state index is 0.0829. The predicted molar refractivity (Wildman–Crippen MR) is 68.6 cm³/mol. The van der Waals surface area contributed by atoms with Gasteiger partial charge < -0.3 is 15.5 Å². The molecule has 0 aromatic heterocycles. The molecule has 0 aromatic rings. The molecule has 4 nitrogen and oxygen atoms in total. The second-order valence-corrected chi connectivity index (χ2v) is 5.87. The number of nitrogens with zero attached hydrogens (tertiary/aromatic N) is 2. The number of carbonyl (C=O) groups excluding carboxylic acids is 1. The van der Waals surface area contributed by atoms with Crippen molar-refractivity contribution in [1.82, 2.24) is 9.80 Å². The Bertz CT molecular complexity index is 286. The summed E-state index contributed by atoms with van der Waals surface area (Å²) in [4.78, 5) is 16.9. The van der Waals surface area contributed by atoms with Crippen LogP contribution in [0.1, 0.15) is 32.6 Å². The molecule has 2 rings (SSSR count). The van der Waals surface area contributed by atoms with Crippen LogP contribution in [-0.2, 0) is 4.79 Å². The molecule has 1 unspecified atom stereocenters. The third-order valence-electron chi connectivity index (χ3n) is 4.52. The number of amides is 1. The molecule has 98 valence electrons. The monoisotopic (exact) mass is 239 g/mol. The van der Waals surface area contributed by atoms with Gasteiger partial charge in [-0.3, -0.25) is 4.79 Å². The third kappa shape index (κ3) is 2.47. The highest BCUT2D eigenvalue weighted by atomic mass is 16.2. The van der Waals surface area contributed by atoms with Gasteiger partial charge in [-0.25, -0.2) is 0 Å². The lowest BCUT2D eigenvalue weighted by atomic mass is 9.92. The minimum atomic E-state index is -0.0829. The molecule has 0 aliphatic carbocycles. The van der Waals surface area contributed by atoms with E-state index >= 15 is 0 Å². The van der Waals surface area contributed by atoms with E-state index in [1.807, 2.05) is 0 Å². The Hall–Kier alpha value is -0.610. The van der Waals surface area contributed by atoms with Crippen molar-refractivity contribution in [3.8, 4) is 0 Å². The third-order valence-corrected chi connectivity index (χ3v) is 4.52. The summed E-state index contributed by atoms with van der Waals surface area (Å²) in [6.45, 7) is 5.71. The van der Waals surface area contributed by atoms with E-state index < -0.39 is 0 Å². The van der Waals surface area contributed by atoms with Crippen LogP contribution < -0.4 is 5.73 Å². The highest BCUT2D eigenvalue weighted by Crippen LogP contribution is 2.31. The van der Waals surface area contributed by atoms with Crippen molar-refractivity contribution in [3.63, 3.8) is 0 Å². The molecule has 17 heavy (non-hydrogen) atoms. The molecule has 2 heterocycles. The van der Waals surface area contributed by atoms with E-state index in [0.29, 0.717) is 12.5 Å². The lowest BCUT2D eigenvalue weighted by Gasteiger charge is -2.38. The van der Waals surface area contributed by atoms with Gasteiger partial charge in [-0.15, -0.1) is 0 Å². The van der Waals surface area contributed by atoms with Gasteiger partial charge in [0, 0.05) is 19.0 Å².